The van der Waals surface area contributed by atoms with Gasteiger partial charge in [-0.3, -0.25) is 4.79 Å². The molecule has 0 aliphatic heterocycles. The summed E-state index contributed by atoms with van der Waals surface area (Å²) in [5.41, 5.74) is -0.803. The predicted molar refractivity (Wildman–Crippen MR) is 89.2 cm³/mol. The number of esters is 2. The van der Waals surface area contributed by atoms with Crippen molar-refractivity contribution in [3.8, 4) is 0 Å². The maximum atomic E-state index is 12.5. The summed E-state index contributed by atoms with van der Waals surface area (Å²) in [6.45, 7) is 9.87. The molecule has 0 aromatic rings. The molecule has 0 radical (unpaired) electrons. The van der Waals surface area contributed by atoms with Crippen LogP contribution in [0.5, 0.6) is 0 Å². The lowest BCUT2D eigenvalue weighted by atomic mass is 9.68. The normalized spacial score (nSPS) is 14.8. The number of hydrogen-bond donors (Lipinski definition) is 0. The maximum Gasteiger partial charge on any atom is 0.434 e. The fraction of sp³-hybridized carbons (Fsp3) is 0.889. The summed E-state index contributed by atoms with van der Waals surface area (Å²) >= 11 is 0. The van der Waals surface area contributed by atoms with Gasteiger partial charge in [-0.2, -0.15) is 26.3 Å². The number of hydrogen-bond acceptors (Lipinski definition) is 4. The molecule has 0 spiro atoms. The minimum Gasteiger partial charge on any atom is -0.453 e. The lowest BCUT2D eigenvalue weighted by molar-refractivity contribution is -0.313. The number of ether oxygens (including phenoxy) is 2. The number of carbonyl (C=O) groups excluding carboxylic acids is 2. The molecule has 0 bridgehead atoms. The van der Waals surface area contributed by atoms with Crippen LogP contribution in [0.2, 0.25) is 0 Å². The van der Waals surface area contributed by atoms with E-state index in [1.54, 1.807) is 13.8 Å². The Balaban J connectivity index is 5.18. The van der Waals surface area contributed by atoms with Gasteiger partial charge in [0.15, 0.2) is 6.61 Å². The summed E-state index contributed by atoms with van der Waals surface area (Å²) in [4.78, 5) is 23.9. The molecule has 0 aliphatic rings. The van der Waals surface area contributed by atoms with Crippen LogP contribution >= 0.6 is 0 Å². The van der Waals surface area contributed by atoms with E-state index in [-0.39, 0.29) is 5.41 Å². The molecule has 0 aromatic carbocycles. The topological polar surface area (TPSA) is 52.6 Å². The molecular weight excluding hydrogens is 394 g/mol. The smallest absolute Gasteiger partial charge is 0.434 e. The number of carbonyl (C=O) groups is 2. The summed E-state index contributed by atoms with van der Waals surface area (Å²) < 4.78 is 82.8. The molecule has 0 aromatic heterocycles. The summed E-state index contributed by atoms with van der Waals surface area (Å²) in [5.74, 6) is -3.47. The van der Waals surface area contributed by atoms with E-state index in [1.807, 2.05) is 27.7 Å². The molecule has 1 unspecified atom stereocenters. The molecule has 10 heteroatoms. The third-order valence-electron chi connectivity index (χ3n) is 5.03. The largest absolute Gasteiger partial charge is 0.453 e. The first-order valence-electron chi connectivity index (χ1n) is 8.87. The van der Waals surface area contributed by atoms with Gasteiger partial charge in [-0.25, -0.2) is 4.79 Å². The first-order valence-corrected chi connectivity index (χ1v) is 8.87. The van der Waals surface area contributed by atoms with Crippen molar-refractivity contribution in [1.29, 1.82) is 0 Å². The number of halogens is 6. The zero-order valence-corrected chi connectivity index (χ0v) is 16.9. The van der Waals surface area contributed by atoms with Gasteiger partial charge in [0.05, 0.1) is 5.92 Å². The van der Waals surface area contributed by atoms with E-state index in [2.05, 4.69) is 4.74 Å². The summed E-state index contributed by atoms with van der Waals surface area (Å²) in [7, 11) is 0. The molecule has 0 amide bonds. The van der Waals surface area contributed by atoms with Crippen LogP contribution in [0.25, 0.3) is 0 Å². The van der Waals surface area contributed by atoms with Crippen molar-refractivity contribution in [2.75, 3.05) is 6.61 Å². The molecule has 0 heterocycles. The van der Waals surface area contributed by atoms with Crippen LogP contribution in [0.3, 0.4) is 0 Å². The van der Waals surface area contributed by atoms with Crippen LogP contribution in [0, 0.1) is 16.7 Å². The van der Waals surface area contributed by atoms with Gasteiger partial charge in [-0.05, 0) is 17.3 Å². The third kappa shape index (κ3) is 8.26. The molecule has 0 N–H and O–H groups in total. The summed E-state index contributed by atoms with van der Waals surface area (Å²) in [5, 5.41) is 0. The predicted octanol–water partition coefficient (Wildman–Crippen LogP) is 5.44. The SMILES string of the molecule is CCC(C)(C)CC(C(=O)OCC(=O)OC(C(F)(F)F)C(F)(F)F)C(C)(C)CC. The molecular formula is C18H28F6O4. The van der Waals surface area contributed by atoms with Gasteiger partial charge < -0.3 is 9.47 Å². The molecule has 0 saturated heterocycles. The third-order valence-corrected chi connectivity index (χ3v) is 5.03. The Kier molecular flexibility index (Phi) is 8.85. The van der Waals surface area contributed by atoms with E-state index in [1.165, 1.54) is 0 Å². The van der Waals surface area contributed by atoms with E-state index in [4.69, 9.17) is 4.74 Å². The highest BCUT2D eigenvalue weighted by molar-refractivity contribution is 5.78. The monoisotopic (exact) mass is 422 g/mol. The van der Waals surface area contributed by atoms with Crippen molar-refractivity contribution in [3.63, 3.8) is 0 Å². The van der Waals surface area contributed by atoms with Crippen LogP contribution in [-0.2, 0) is 19.1 Å². The average molecular weight is 422 g/mol. The second-order valence-electron chi connectivity index (χ2n) is 8.18. The lowest BCUT2D eigenvalue weighted by Gasteiger charge is -2.37. The van der Waals surface area contributed by atoms with Gasteiger partial charge in [0.2, 0.25) is 0 Å². The average Bonchev–Trinajstić information content (AvgIpc) is 2.53. The molecule has 0 fully saturated rings. The van der Waals surface area contributed by atoms with Crippen molar-refractivity contribution in [2.45, 2.75) is 79.3 Å². The zero-order valence-electron chi connectivity index (χ0n) is 16.9. The van der Waals surface area contributed by atoms with Crippen molar-refractivity contribution >= 4 is 11.9 Å². The zero-order chi connectivity index (χ0) is 22.6. The fourth-order valence-corrected chi connectivity index (χ4v) is 2.34. The molecule has 0 aliphatic carbocycles. The quantitative estimate of drug-likeness (QED) is 0.367. The van der Waals surface area contributed by atoms with Gasteiger partial charge in [0.25, 0.3) is 6.10 Å². The first-order chi connectivity index (χ1) is 12.4. The van der Waals surface area contributed by atoms with E-state index in [0.717, 1.165) is 6.42 Å². The molecule has 28 heavy (non-hydrogen) atoms. The number of alkyl halides is 6. The van der Waals surface area contributed by atoms with Gasteiger partial charge in [-0.1, -0.05) is 54.4 Å². The minimum atomic E-state index is -5.82. The molecule has 1 atom stereocenters. The second-order valence-corrected chi connectivity index (χ2v) is 8.18. The second kappa shape index (κ2) is 9.35. The van der Waals surface area contributed by atoms with Crippen LogP contribution in [0.15, 0.2) is 0 Å². The van der Waals surface area contributed by atoms with Crippen LogP contribution in [-0.4, -0.2) is 37.0 Å². The Morgan fingerprint density at radius 1 is 0.857 bits per heavy atom. The van der Waals surface area contributed by atoms with Crippen molar-refractivity contribution in [2.24, 2.45) is 16.7 Å². The molecule has 166 valence electrons. The lowest BCUT2D eigenvalue weighted by Crippen LogP contribution is -2.46. The van der Waals surface area contributed by atoms with Crippen molar-refractivity contribution in [1.82, 2.24) is 0 Å². The summed E-state index contributed by atoms with van der Waals surface area (Å²) in [6, 6.07) is 0. The Labute approximate surface area is 160 Å². The van der Waals surface area contributed by atoms with Crippen molar-refractivity contribution in [3.05, 3.63) is 0 Å². The summed E-state index contributed by atoms with van der Waals surface area (Å²) in [6.07, 6.45) is -14.2. The van der Waals surface area contributed by atoms with Crippen molar-refractivity contribution < 1.29 is 45.4 Å². The molecule has 0 rings (SSSR count). The Hall–Kier alpha value is -1.48. The van der Waals surface area contributed by atoms with Gasteiger partial charge in [-0.15, -0.1) is 0 Å². The van der Waals surface area contributed by atoms with Gasteiger partial charge in [0, 0.05) is 0 Å². The fourth-order valence-electron chi connectivity index (χ4n) is 2.34. The van der Waals surface area contributed by atoms with Crippen LogP contribution in [0.1, 0.15) is 60.8 Å². The minimum absolute atomic E-state index is 0.256. The van der Waals surface area contributed by atoms with E-state index < -0.39 is 48.3 Å². The van der Waals surface area contributed by atoms with E-state index in [0.29, 0.717) is 12.8 Å². The van der Waals surface area contributed by atoms with E-state index in [9.17, 15) is 35.9 Å². The van der Waals surface area contributed by atoms with Gasteiger partial charge >= 0.3 is 24.3 Å². The van der Waals surface area contributed by atoms with E-state index >= 15 is 0 Å². The highest BCUT2D eigenvalue weighted by Gasteiger charge is 2.60. The van der Waals surface area contributed by atoms with Crippen LogP contribution < -0.4 is 0 Å². The first kappa shape index (κ1) is 26.5. The highest BCUT2D eigenvalue weighted by Crippen LogP contribution is 2.41. The van der Waals surface area contributed by atoms with Crippen LogP contribution in [0.4, 0.5) is 26.3 Å². The number of rotatable bonds is 9. The molecule has 0 saturated carbocycles. The Bertz CT molecular complexity index is 523. The maximum absolute atomic E-state index is 12.5. The standard InChI is InChI=1S/C18H28F6O4/c1-7-15(3,4)9-11(16(5,6)8-2)13(26)27-10-12(25)28-14(17(19,20)21)18(22,23)24/h11,14H,7-10H2,1-6H3. The Morgan fingerprint density at radius 3 is 1.68 bits per heavy atom. The highest BCUT2D eigenvalue weighted by atomic mass is 19.4. The Morgan fingerprint density at radius 2 is 1.32 bits per heavy atom. The molecule has 4 nitrogen and oxygen atoms in total. The van der Waals surface area contributed by atoms with Gasteiger partial charge in [0.1, 0.15) is 0 Å².